The standard InChI is InChI=1S/C18H26N2O3/c1-20-11-10-13(12-17(20)21)18(22)19-15-8-4-5-9-16(15)23-14-6-2-3-7-14/h10-12,14-16H,2-9H2,1H3,(H,19,22)/t15-,16+/m1/s1. The Labute approximate surface area is 137 Å². The monoisotopic (exact) mass is 318 g/mol. The van der Waals surface area contributed by atoms with Gasteiger partial charge in [0.1, 0.15) is 0 Å². The van der Waals surface area contributed by atoms with Crippen LogP contribution in [0.4, 0.5) is 0 Å². The lowest BCUT2D eigenvalue weighted by Crippen LogP contribution is -2.47. The van der Waals surface area contributed by atoms with Crippen molar-refractivity contribution in [3.05, 3.63) is 34.2 Å². The molecule has 2 fully saturated rings. The predicted octanol–water partition coefficient (Wildman–Crippen LogP) is 2.39. The Bertz CT molecular complexity index is 605. The van der Waals surface area contributed by atoms with Gasteiger partial charge in [-0.25, -0.2) is 0 Å². The van der Waals surface area contributed by atoms with Crippen LogP contribution in [-0.2, 0) is 11.8 Å². The SMILES string of the molecule is Cn1ccc(C(=O)N[C@@H]2CCCC[C@@H]2OC2CCCC2)cc1=O. The number of hydrogen-bond acceptors (Lipinski definition) is 3. The summed E-state index contributed by atoms with van der Waals surface area (Å²) in [4.78, 5) is 24.1. The molecule has 2 aliphatic rings. The van der Waals surface area contributed by atoms with Crippen molar-refractivity contribution in [1.82, 2.24) is 9.88 Å². The third kappa shape index (κ3) is 4.02. The van der Waals surface area contributed by atoms with Crippen molar-refractivity contribution in [3.63, 3.8) is 0 Å². The van der Waals surface area contributed by atoms with E-state index in [1.807, 2.05) is 0 Å². The zero-order chi connectivity index (χ0) is 16.2. The summed E-state index contributed by atoms with van der Waals surface area (Å²) in [6.07, 6.45) is 11.1. The highest BCUT2D eigenvalue weighted by Crippen LogP contribution is 2.28. The van der Waals surface area contributed by atoms with E-state index in [-0.39, 0.29) is 23.6 Å². The van der Waals surface area contributed by atoms with Crippen LogP contribution in [0.15, 0.2) is 23.1 Å². The second-order valence-corrected chi connectivity index (χ2v) is 6.81. The molecule has 2 atom stereocenters. The number of hydrogen-bond donors (Lipinski definition) is 1. The van der Waals surface area contributed by atoms with Crippen molar-refractivity contribution in [2.75, 3.05) is 0 Å². The highest BCUT2D eigenvalue weighted by Gasteiger charge is 2.30. The largest absolute Gasteiger partial charge is 0.373 e. The van der Waals surface area contributed by atoms with E-state index in [4.69, 9.17) is 4.74 Å². The second kappa shape index (κ2) is 7.30. The van der Waals surface area contributed by atoms with E-state index < -0.39 is 0 Å². The van der Waals surface area contributed by atoms with Gasteiger partial charge in [0.05, 0.1) is 18.2 Å². The van der Waals surface area contributed by atoms with E-state index in [9.17, 15) is 9.59 Å². The normalized spacial score (nSPS) is 25.4. The summed E-state index contributed by atoms with van der Waals surface area (Å²) in [7, 11) is 1.68. The number of pyridine rings is 1. The van der Waals surface area contributed by atoms with Crippen LogP contribution in [-0.4, -0.2) is 28.7 Å². The van der Waals surface area contributed by atoms with Gasteiger partial charge in [-0.1, -0.05) is 25.7 Å². The minimum Gasteiger partial charge on any atom is -0.373 e. The Balaban J connectivity index is 1.64. The van der Waals surface area contributed by atoms with Crippen molar-refractivity contribution in [3.8, 4) is 0 Å². The Kier molecular flexibility index (Phi) is 5.16. The fraction of sp³-hybridized carbons (Fsp3) is 0.667. The number of rotatable bonds is 4. The number of carbonyl (C=O) groups is 1. The molecule has 126 valence electrons. The van der Waals surface area contributed by atoms with Crippen molar-refractivity contribution in [2.45, 2.75) is 69.6 Å². The highest BCUT2D eigenvalue weighted by molar-refractivity contribution is 5.94. The molecule has 1 aromatic heterocycles. The maximum atomic E-state index is 12.4. The number of nitrogens with one attached hydrogen (secondary N) is 1. The molecule has 0 aromatic carbocycles. The minimum atomic E-state index is -0.172. The lowest BCUT2D eigenvalue weighted by atomic mass is 9.92. The molecule has 0 radical (unpaired) electrons. The smallest absolute Gasteiger partial charge is 0.251 e. The van der Waals surface area contributed by atoms with Gasteiger partial charge < -0.3 is 14.6 Å². The Hall–Kier alpha value is -1.62. The molecule has 2 aliphatic carbocycles. The van der Waals surface area contributed by atoms with E-state index in [0.29, 0.717) is 11.7 Å². The second-order valence-electron chi connectivity index (χ2n) is 6.81. The summed E-state index contributed by atoms with van der Waals surface area (Å²) in [5.41, 5.74) is 0.262. The number of ether oxygens (including phenoxy) is 1. The first-order chi connectivity index (χ1) is 11.1. The molecule has 3 rings (SSSR count). The van der Waals surface area contributed by atoms with Crippen LogP contribution in [0, 0.1) is 0 Å². The number of amides is 1. The fourth-order valence-electron chi connectivity index (χ4n) is 3.64. The van der Waals surface area contributed by atoms with Crippen LogP contribution in [0.2, 0.25) is 0 Å². The molecule has 0 saturated heterocycles. The van der Waals surface area contributed by atoms with Crippen LogP contribution in [0.25, 0.3) is 0 Å². The molecule has 0 spiro atoms. The maximum Gasteiger partial charge on any atom is 0.251 e. The predicted molar refractivity (Wildman–Crippen MR) is 88.5 cm³/mol. The number of nitrogens with zero attached hydrogens (tertiary/aromatic N) is 1. The molecule has 2 saturated carbocycles. The molecule has 1 aromatic rings. The van der Waals surface area contributed by atoms with Gasteiger partial charge in [0.15, 0.2) is 0 Å². The molecule has 0 aliphatic heterocycles. The third-order valence-corrected chi connectivity index (χ3v) is 5.05. The van der Waals surface area contributed by atoms with E-state index >= 15 is 0 Å². The Morgan fingerprint density at radius 3 is 2.61 bits per heavy atom. The summed E-state index contributed by atoms with van der Waals surface area (Å²) in [6, 6.07) is 3.14. The summed E-state index contributed by atoms with van der Waals surface area (Å²) < 4.78 is 7.73. The topological polar surface area (TPSA) is 60.3 Å². The highest BCUT2D eigenvalue weighted by atomic mass is 16.5. The van der Waals surface area contributed by atoms with Gasteiger partial charge in [-0.3, -0.25) is 9.59 Å². The molecule has 0 unspecified atom stereocenters. The van der Waals surface area contributed by atoms with Crippen LogP contribution < -0.4 is 10.9 Å². The molecule has 1 amide bonds. The van der Waals surface area contributed by atoms with Crippen LogP contribution in [0.1, 0.15) is 61.7 Å². The van der Waals surface area contributed by atoms with Gasteiger partial charge in [0.2, 0.25) is 0 Å². The minimum absolute atomic E-state index is 0.0564. The van der Waals surface area contributed by atoms with E-state index in [1.54, 1.807) is 19.3 Å². The molecule has 23 heavy (non-hydrogen) atoms. The molecule has 5 nitrogen and oxygen atoms in total. The van der Waals surface area contributed by atoms with Crippen LogP contribution in [0.5, 0.6) is 0 Å². The molecule has 0 bridgehead atoms. The summed E-state index contributed by atoms with van der Waals surface area (Å²) in [5, 5.41) is 3.09. The maximum absolute atomic E-state index is 12.4. The molecular weight excluding hydrogens is 292 g/mol. The van der Waals surface area contributed by atoms with Gasteiger partial charge >= 0.3 is 0 Å². The molecular formula is C18H26N2O3. The third-order valence-electron chi connectivity index (χ3n) is 5.05. The van der Waals surface area contributed by atoms with Crippen molar-refractivity contribution in [2.24, 2.45) is 7.05 Å². The average Bonchev–Trinajstić information content (AvgIpc) is 3.05. The van der Waals surface area contributed by atoms with Crippen molar-refractivity contribution < 1.29 is 9.53 Å². The average molecular weight is 318 g/mol. The van der Waals surface area contributed by atoms with E-state index in [0.717, 1.165) is 38.5 Å². The fourth-order valence-corrected chi connectivity index (χ4v) is 3.64. The summed E-state index contributed by atoms with van der Waals surface area (Å²) >= 11 is 0. The van der Waals surface area contributed by atoms with E-state index in [1.165, 1.54) is 23.5 Å². The number of aryl methyl sites for hydroxylation is 1. The molecule has 1 heterocycles. The number of carbonyl (C=O) groups excluding carboxylic acids is 1. The van der Waals surface area contributed by atoms with E-state index in [2.05, 4.69) is 5.32 Å². The first-order valence-electron chi connectivity index (χ1n) is 8.76. The Morgan fingerprint density at radius 1 is 1.17 bits per heavy atom. The van der Waals surface area contributed by atoms with Gasteiger partial charge in [0.25, 0.3) is 11.5 Å². The van der Waals surface area contributed by atoms with Gasteiger partial charge in [0, 0.05) is 24.9 Å². The van der Waals surface area contributed by atoms with Gasteiger partial charge in [-0.2, -0.15) is 0 Å². The quantitative estimate of drug-likeness (QED) is 0.927. The summed E-state index contributed by atoms with van der Waals surface area (Å²) in [5.74, 6) is -0.172. The first-order valence-corrected chi connectivity index (χ1v) is 8.76. The van der Waals surface area contributed by atoms with Crippen LogP contribution >= 0.6 is 0 Å². The zero-order valence-electron chi connectivity index (χ0n) is 13.8. The molecule has 5 heteroatoms. The Morgan fingerprint density at radius 2 is 1.87 bits per heavy atom. The lowest BCUT2D eigenvalue weighted by Gasteiger charge is -2.34. The van der Waals surface area contributed by atoms with Gasteiger partial charge in [-0.15, -0.1) is 0 Å². The van der Waals surface area contributed by atoms with Gasteiger partial charge in [-0.05, 0) is 31.7 Å². The summed E-state index contributed by atoms with van der Waals surface area (Å²) in [6.45, 7) is 0. The lowest BCUT2D eigenvalue weighted by molar-refractivity contribution is -0.0419. The van der Waals surface area contributed by atoms with Crippen molar-refractivity contribution in [1.29, 1.82) is 0 Å². The molecule has 1 N–H and O–H groups in total. The number of aromatic nitrogens is 1. The van der Waals surface area contributed by atoms with Crippen molar-refractivity contribution >= 4 is 5.91 Å². The zero-order valence-corrected chi connectivity index (χ0v) is 13.8. The first kappa shape index (κ1) is 16.2. The van der Waals surface area contributed by atoms with Crippen LogP contribution in [0.3, 0.4) is 0 Å².